The molecule has 8 nitrogen and oxygen atoms in total. The average molecular weight is 310 g/mol. The van der Waals surface area contributed by atoms with Crippen molar-refractivity contribution in [3.63, 3.8) is 0 Å². The van der Waals surface area contributed by atoms with Gasteiger partial charge >= 0.3 is 17.9 Å². The number of hydrogen-bond acceptors (Lipinski definition) is 7. The highest BCUT2D eigenvalue weighted by Crippen LogP contribution is 2.27. The number of carboxylic acid groups (broad SMARTS) is 1. The third kappa shape index (κ3) is 5.25. The van der Waals surface area contributed by atoms with E-state index in [2.05, 4.69) is 4.74 Å². The highest BCUT2D eigenvalue weighted by Gasteiger charge is 2.20. The van der Waals surface area contributed by atoms with Gasteiger partial charge in [-0.05, 0) is 23.8 Å². The van der Waals surface area contributed by atoms with Gasteiger partial charge in [0.25, 0.3) is 0 Å². The highest BCUT2D eigenvalue weighted by atomic mass is 16.5. The third-order valence-corrected chi connectivity index (χ3v) is 2.47. The van der Waals surface area contributed by atoms with E-state index in [0.29, 0.717) is 5.56 Å². The first kappa shape index (κ1) is 17.2. The minimum Gasteiger partial charge on any atom is -0.504 e. The Balaban J connectivity index is 2.82. The summed E-state index contributed by atoms with van der Waals surface area (Å²) in [5.74, 6) is -3.76. The van der Waals surface area contributed by atoms with Crippen molar-refractivity contribution in [2.45, 2.75) is 12.5 Å². The number of hydrogen-bond donors (Lipinski definition) is 3. The molecule has 0 spiro atoms. The summed E-state index contributed by atoms with van der Waals surface area (Å²) in [5.41, 5.74) is 0.435. The SMILES string of the molecule is COC(=O)/C=C/c1ccc(O)c(OC(=O)CC(O)C(=O)O)c1. The molecular weight excluding hydrogens is 296 g/mol. The second-order valence-electron chi connectivity index (χ2n) is 4.12. The zero-order valence-electron chi connectivity index (χ0n) is 11.6. The van der Waals surface area contributed by atoms with Gasteiger partial charge in [-0.3, -0.25) is 4.79 Å². The van der Waals surface area contributed by atoms with Crippen molar-refractivity contribution in [2.75, 3.05) is 7.11 Å². The first-order chi connectivity index (χ1) is 10.3. The largest absolute Gasteiger partial charge is 0.504 e. The van der Waals surface area contributed by atoms with Crippen LogP contribution in [0, 0.1) is 0 Å². The van der Waals surface area contributed by atoms with Crippen molar-refractivity contribution in [1.29, 1.82) is 0 Å². The predicted octanol–water partition coefficient (Wildman–Crippen LogP) is 0.319. The molecule has 0 amide bonds. The van der Waals surface area contributed by atoms with E-state index in [1.807, 2.05) is 0 Å². The Morgan fingerprint density at radius 1 is 1.32 bits per heavy atom. The maximum Gasteiger partial charge on any atom is 0.333 e. The fraction of sp³-hybridized carbons (Fsp3) is 0.214. The monoisotopic (exact) mass is 310 g/mol. The van der Waals surface area contributed by atoms with Crippen LogP contribution in [0.2, 0.25) is 0 Å². The second kappa shape index (κ2) is 7.79. The summed E-state index contributed by atoms with van der Waals surface area (Å²) in [6.07, 6.45) is -0.158. The molecule has 0 bridgehead atoms. The highest BCUT2D eigenvalue weighted by molar-refractivity contribution is 5.87. The van der Waals surface area contributed by atoms with Crippen LogP contribution in [0.3, 0.4) is 0 Å². The van der Waals surface area contributed by atoms with Crippen molar-refractivity contribution >= 4 is 24.0 Å². The summed E-state index contributed by atoms with van der Waals surface area (Å²) in [4.78, 5) is 32.9. The van der Waals surface area contributed by atoms with Crippen molar-refractivity contribution in [1.82, 2.24) is 0 Å². The molecule has 0 fully saturated rings. The fourth-order valence-electron chi connectivity index (χ4n) is 1.36. The number of esters is 2. The molecule has 118 valence electrons. The maximum absolute atomic E-state index is 11.5. The minimum atomic E-state index is -1.89. The van der Waals surface area contributed by atoms with E-state index in [0.717, 1.165) is 6.08 Å². The number of aromatic hydroxyl groups is 1. The quantitative estimate of drug-likeness (QED) is 0.389. The Labute approximate surface area is 125 Å². The number of carboxylic acids is 1. The lowest BCUT2D eigenvalue weighted by Crippen LogP contribution is -2.25. The van der Waals surface area contributed by atoms with E-state index in [9.17, 15) is 19.5 Å². The molecule has 0 heterocycles. The van der Waals surface area contributed by atoms with E-state index in [1.165, 1.54) is 31.4 Å². The van der Waals surface area contributed by atoms with Crippen molar-refractivity contribution in [3.8, 4) is 11.5 Å². The summed E-state index contributed by atoms with van der Waals surface area (Å²) in [7, 11) is 1.21. The molecule has 22 heavy (non-hydrogen) atoms. The molecule has 3 N–H and O–H groups in total. The van der Waals surface area contributed by atoms with Crippen LogP contribution in [0.1, 0.15) is 12.0 Å². The van der Waals surface area contributed by atoms with Crippen LogP contribution in [0.25, 0.3) is 6.08 Å². The number of aliphatic hydroxyl groups excluding tert-OH is 1. The molecule has 0 aromatic heterocycles. The molecule has 1 atom stereocenters. The molecule has 1 aromatic carbocycles. The topological polar surface area (TPSA) is 130 Å². The van der Waals surface area contributed by atoms with E-state index in [4.69, 9.17) is 14.9 Å². The zero-order chi connectivity index (χ0) is 16.7. The standard InChI is InChI=1S/C14H14O8/c1-21-12(17)5-3-8-2-4-9(15)11(6-8)22-13(18)7-10(16)14(19)20/h2-6,10,15-16H,7H2,1H3,(H,19,20)/b5-3+. The Kier molecular flexibility index (Phi) is 6.09. The Bertz CT molecular complexity index is 605. The average Bonchev–Trinajstić information content (AvgIpc) is 2.47. The van der Waals surface area contributed by atoms with Gasteiger partial charge in [0.15, 0.2) is 17.6 Å². The van der Waals surface area contributed by atoms with E-state index in [1.54, 1.807) is 0 Å². The Hall–Kier alpha value is -2.87. The summed E-state index contributed by atoms with van der Waals surface area (Å²) in [5, 5.41) is 27.1. The number of aliphatic hydroxyl groups is 1. The van der Waals surface area contributed by atoms with Gasteiger partial charge in [-0.1, -0.05) is 6.07 Å². The minimum absolute atomic E-state index is 0.227. The Morgan fingerprint density at radius 3 is 2.59 bits per heavy atom. The van der Waals surface area contributed by atoms with Crippen LogP contribution in [0.4, 0.5) is 0 Å². The Morgan fingerprint density at radius 2 is 2.00 bits per heavy atom. The summed E-state index contributed by atoms with van der Waals surface area (Å²) >= 11 is 0. The number of rotatable bonds is 6. The zero-order valence-corrected chi connectivity index (χ0v) is 11.6. The van der Waals surface area contributed by atoms with Crippen LogP contribution >= 0.6 is 0 Å². The number of methoxy groups -OCH3 is 1. The molecule has 0 saturated heterocycles. The van der Waals surface area contributed by atoms with Crippen LogP contribution < -0.4 is 4.74 Å². The first-order valence-electron chi connectivity index (χ1n) is 6.04. The molecule has 1 aromatic rings. The van der Waals surface area contributed by atoms with Crippen LogP contribution in [-0.4, -0.2) is 46.4 Å². The van der Waals surface area contributed by atoms with Gasteiger partial charge in [0, 0.05) is 6.08 Å². The summed E-state index contributed by atoms with van der Waals surface area (Å²) in [6.45, 7) is 0. The molecule has 1 unspecified atom stereocenters. The first-order valence-corrected chi connectivity index (χ1v) is 6.04. The maximum atomic E-state index is 11.5. The van der Waals surface area contributed by atoms with Crippen molar-refractivity contribution in [3.05, 3.63) is 29.8 Å². The number of phenolic OH excluding ortho intramolecular Hbond substituents is 1. The van der Waals surface area contributed by atoms with E-state index in [-0.39, 0.29) is 11.5 Å². The molecule has 8 heteroatoms. The number of ether oxygens (including phenoxy) is 2. The lowest BCUT2D eigenvalue weighted by atomic mass is 10.2. The van der Waals surface area contributed by atoms with Crippen LogP contribution in [-0.2, 0) is 19.1 Å². The van der Waals surface area contributed by atoms with Gasteiger partial charge in [0.05, 0.1) is 13.5 Å². The molecule has 1 rings (SSSR count). The van der Waals surface area contributed by atoms with Gasteiger partial charge in [-0.2, -0.15) is 0 Å². The fourth-order valence-corrected chi connectivity index (χ4v) is 1.36. The number of carbonyl (C=O) groups is 3. The molecule has 0 aliphatic heterocycles. The molecule has 0 aliphatic carbocycles. The normalized spacial score (nSPS) is 11.9. The molecule has 0 aliphatic rings. The van der Waals surface area contributed by atoms with Crippen molar-refractivity contribution in [2.24, 2.45) is 0 Å². The molecule has 0 radical (unpaired) electrons. The molecular formula is C14H14O8. The van der Waals surface area contributed by atoms with Gasteiger partial charge in [-0.25, -0.2) is 9.59 Å². The van der Waals surface area contributed by atoms with Gasteiger partial charge in [0.1, 0.15) is 0 Å². The van der Waals surface area contributed by atoms with Crippen LogP contribution in [0.15, 0.2) is 24.3 Å². The second-order valence-corrected chi connectivity index (χ2v) is 4.12. The number of carbonyl (C=O) groups excluding carboxylic acids is 2. The predicted molar refractivity (Wildman–Crippen MR) is 73.1 cm³/mol. The lowest BCUT2D eigenvalue weighted by Gasteiger charge is -2.08. The summed E-state index contributed by atoms with van der Waals surface area (Å²) in [6, 6.07) is 3.95. The molecule has 0 saturated carbocycles. The number of benzene rings is 1. The van der Waals surface area contributed by atoms with E-state index >= 15 is 0 Å². The van der Waals surface area contributed by atoms with Gasteiger partial charge in [0.2, 0.25) is 0 Å². The number of phenols is 1. The number of aliphatic carboxylic acids is 1. The van der Waals surface area contributed by atoms with Gasteiger partial charge < -0.3 is 24.8 Å². The van der Waals surface area contributed by atoms with E-state index < -0.39 is 30.4 Å². The lowest BCUT2D eigenvalue weighted by molar-refractivity contribution is -0.152. The smallest absolute Gasteiger partial charge is 0.333 e. The summed E-state index contributed by atoms with van der Waals surface area (Å²) < 4.78 is 9.19. The van der Waals surface area contributed by atoms with Crippen molar-refractivity contribution < 1.29 is 39.2 Å². The van der Waals surface area contributed by atoms with Crippen LogP contribution in [0.5, 0.6) is 11.5 Å². The third-order valence-electron chi connectivity index (χ3n) is 2.47. The van der Waals surface area contributed by atoms with Gasteiger partial charge in [-0.15, -0.1) is 0 Å².